The molecular formula is C8H18N2O2. The molecule has 0 bridgehead atoms. The van der Waals surface area contributed by atoms with Crippen LogP contribution >= 0.6 is 0 Å². The molecule has 0 heterocycles. The fourth-order valence-corrected chi connectivity index (χ4v) is 0.659. The molecule has 0 aromatic carbocycles. The van der Waals surface area contributed by atoms with Gasteiger partial charge in [-0.2, -0.15) is 0 Å². The molecule has 0 aliphatic rings. The standard InChI is InChI=1S/C8H18N2O2/c1-5(4-11)10-8(12)6(2)7(3)9/h5-7,11H,4,9H2,1-3H3,(H,10,12). The van der Waals surface area contributed by atoms with Crippen LogP contribution in [0, 0.1) is 5.92 Å². The zero-order valence-electron chi connectivity index (χ0n) is 7.87. The molecule has 0 aliphatic heterocycles. The SMILES string of the molecule is CC(CO)NC(=O)C(C)C(C)N. The van der Waals surface area contributed by atoms with Crippen molar-refractivity contribution in [3.05, 3.63) is 0 Å². The van der Waals surface area contributed by atoms with E-state index in [1.165, 1.54) is 0 Å². The number of hydrogen-bond donors (Lipinski definition) is 3. The molecule has 3 atom stereocenters. The summed E-state index contributed by atoms with van der Waals surface area (Å²) in [7, 11) is 0. The van der Waals surface area contributed by atoms with E-state index in [4.69, 9.17) is 10.8 Å². The van der Waals surface area contributed by atoms with Crippen molar-refractivity contribution in [1.82, 2.24) is 5.32 Å². The molecule has 0 fully saturated rings. The van der Waals surface area contributed by atoms with Crippen molar-refractivity contribution >= 4 is 5.91 Å². The van der Waals surface area contributed by atoms with Gasteiger partial charge in [0.15, 0.2) is 0 Å². The maximum Gasteiger partial charge on any atom is 0.224 e. The molecule has 0 aromatic rings. The third-order valence-corrected chi connectivity index (χ3v) is 1.86. The van der Waals surface area contributed by atoms with Crippen molar-refractivity contribution in [1.29, 1.82) is 0 Å². The molecule has 4 nitrogen and oxygen atoms in total. The van der Waals surface area contributed by atoms with Gasteiger partial charge in [0, 0.05) is 18.0 Å². The Kier molecular flexibility index (Phi) is 4.85. The highest BCUT2D eigenvalue weighted by atomic mass is 16.3. The van der Waals surface area contributed by atoms with Crippen LogP contribution in [0.3, 0.4) is 0 Å². The maximum atomic E-state index is 11.3. The van der Waals surface area contributed by atoms with E-state index in [1.54, 1.807) is 20.8 Å². The molecule has 0 aliphatic carbocycles. The van der Waals surface area contributed by atoms with E-state index in [0.717, 1.165) is 0 Å². The Balaban J connectivity index is 3.87. The average Bonchev–Trinajstić information content (AvgIpc) is 2.02. The molecule has 3 unspecified atom stereocenters. The van der Waals surface area contributed by atoms with Gasteiger partial charge in [0.25, 0.3) is 0 Å². The number of aliphatic hydroxyl groups excluding tert-OH is 1. The zero-order valence-corrected chi connectivity index (χ0v) is 7.87. The molecular weight excluding hydrogens is 156 g/mol. The number of aliphatic hydroxyl groups is 1. The van der Waals surface area contributed by atoms with Crippen LogP contribution in [0.1, 0.15) is 20.8 Å². The predicted octanol–water partition coefficient (Wildman–Crippen LogP) is -0.533. The van der Waals surface area contributed by atoms with Crippen LogP contribution in [-0.4, -0.2) is 29.7 Å². The van der Waals surface area contributed by atoms with E-state index in [2.05, 4.69) is 5.32 Å². The summed E-state index contributed by atoms with van der Waals surface area (Å²) >= 11 is 0. The van der Waals surface area contributed by atoms with Crippen LogP contribution in [0.25, 0.3) is 0 Å². The summed E-state index contributed by atoms with van der Waals surface area (Å²) in [6, 6.07) is -0.352. The van der Waals surface area contributed by atoms with E-state index >= 15 is 0 Å². The topological polar surface area (TPSA) is 75.3 Å². The highest BCUT2D eigenvalue weighted by Crippen LogP contribution is 1.99. The monoisotopic (exact) mass is 174 g/mol. The Bertz CT molecular complexity index is 148. The summed E-state index contributed by atoms with van der Waals surface area (Å²) in [5.41, 5.74) is 5.53. The number of carbonyl (C=O) groups is 1. The highest BCUT2D eigenvalue weighted by Gasteiger charge is 2.17. The quantitative estimate of drug-likeness (QED) is 0.536. The summed E-state index contributed by atoms with van der Waals surface area (Å²) in [4.78, 5) is 11.3. The molecule has 0 aromatic heterocycles. The van der Waals surface area contributed by atoms with Crippen molar-refractivity contribution in [2.45, 2.75) is 32.9 Å². The first-order chi connectivity index (χ1) is 5.49. The minimum absolute atomic E-state index is 0.0442. The van der Waals surface area contributed by atoms with Gasteiger partial charge in [-0.25, -0.2) is 0 Å². The van der Waals surface area contributed by atoms with Crippen LogP contribution in [0.5, 0.6) is 0 Å². The molecule has 0 spiro atoms. The lowest BCUT2D eigenvalue weighted by molar-refractivity contribution is -0.125. The normalized spacial score (nSPS) is 18.1. The van der Waals surface area contributed by atoms with Gasteiger partial charge >= 0.3 is 0 Å². The smallest absolute Gasteiger partial charge is 0.224 e. The zero-order chi connectivity index (χ0) is 9.72. The molecule has 0 rings (SSSR count). The van der Waals surface area contributed by atoms with Crippen molar-refractivity contribution < 1.29 is 9.90 Å². The summed E-state index contributed by atoms with van der Waals surface area (Å²) < 4.78 is 0. The Morgan fingerprint density at radius 3 is 2.33 bits per heavy atom. The largest absolute Gasteiger partial charge is 0.394 e. The Hall–Kier alpha value is -0.610. The van der Waals surface area contributed by atoms with Crippen LogP contribution in [0.2, 0.25) is 0 Å². The summed E-state index contributed by atoms with van der Waals surface area (Å²) in [5.74, 6) is -0.314. The van der Waals surface area contributed by atoms with Gasteiger partial charge in [0.2, 0.25) is 5.91 Å². The van der Waals surface area contributed by atoms with Gasteiger partial charge in [0.1, 0.15) is 0 Å². The second kappa shape index (κ2) is 5.11. The molecule has 0 saturated carbocycles. The average molecular weight is 174 g/mol. The van der Waals surface area contributed by atoms with Crippen LogP contribution in [0.4, 0.5) is 0 Å². The lowest BCUT2D eigenvalue weighted by atomic mass is 10.0. The summed E-state index contributed by atoms with van der Waals surface area (Å²) in [5, 5.41) is 11.3. The Labute approximate surface area is 73.1 Å². The third kappa shape index (κ3) is 3.69. The number of rotatable bonds is 4. The van der Waals surface area contributed by atoms with Crippen molar-refractivity contribution in [2.75, 3.05) is 6.61 Å². The van der Waals surface area contributed by atoms with Gasteiger partial charge in [-0.3, -0.25) is 4.79 Å². The molecule has 0 saturated heterocycles. The molecule has 4 N–H and O–H groups in total. The number of nitrogens with two attached hydrogens (primary N) is 1. The van der Waals surface area contributed by atoms with Gasteiger partial charge < -0.3 is 16.2 Å². The molecule has 1 amide bonds. The fraction of sp³-hybridized carbons (Fsp3) is 0.875. The first kappa shape index (κ1) is 11.4. The highest BCUT2D eigenvalue weighted by molar-refractivity contribution is 5.79. The molecule has 4 heteroatoms. The van der Waals surface area contributed by atoms with Crippen molar-refractivity contribution in [3.63, 3.8) is 0 Å². The lowest BCUT2D eigenvalue weighted by Crippen LogP contribution is -2.43. The van der Waals surface area contributed by atoms with Gasteiger partial charge in [-0.1, -0.05) is 6.92 Å². The fourth-order valence-electron chi connectivity index (χ4n) is 0.659. The molecule has 72 valence electrons. The predicted molar refractivity (Wildman–Crippen MR) is 47.5 cm³/mol. The van der Waals surface area contributed by atoms with Crippen LogP contribution < -0.4 is 11.1 Å². The maximum absolute atomic E-state index is 11.3. The minimum atomic E-state index is -0.209. The van der Waals surface area contributed by atoms with Gasteiger partial charge in [0.05, 0.1) is 6.61 Å². The van der Waals surface area contributed by atoms with Crippen molar-refractivity contribution in [3.8, 4) is 0 Å². The first-order valence-electron chi connectivity index (χ1n) is 4.15. The van der Waals surface area contributed by atoms with Gasteiger partial charge in [-0.05, 0) is 13.8 Å². The number of hydrogen-bond acceptors (Lipinski definition) is 3. The van der Waals surface area contributed by atoms with Crippen LogP contribution in [-0.2, 0) is 4.79 Å². The lowest BCUT2D eigenvalue weighted by Gasteiger charge is -2.18. The second-order valence-corrected chi connectivity index (χ2v) is 3.24. The van der Waals surface area contributed by atoms with Crippen molar-refractivity contribution in [2.24, 2.45) is 11.7 Å². The van der Waals surface area contributed by atoms with E-state index in [9.17, 15) is 4.79 Å². The number of amides is 1. The number of nitrogens with one attached hydrogen (secondary N) is 1. The second-order valence-electron chi connectivity index (χ2n) is 3.24. The van der Waals surface area contributed by atoms with E-state index < -0.39 is 0 Å². The van der Waals surface area contributed by atoms with E-state index in [1.807, 2.05) is 0 Å². The molecule has 12 heavy (non-hydrogen) atoms. The summed E-state index contributed by atoms with van der Waals surface area (Å²) in [6.45, 7) is 5.25. The summed E-state index contributed by atoms with van der Waals surface area (Å²) in [6.07, 6.45) is 0. The Morgan fingerprint density at radius 2 is 2.00 bits per heavy atom. The van der Waals surface area contributed by atoms with E-state index in [-0.39, 0.29) is 30.5 Å². The minimum Gasteiger partial charge on any atom is -0.394 e. The first-order valence-corrected chi connectivity index (χ1v) is 4.15. The van der Waals surface area contributed by atoms with E-state index in [0.29, 0.717) is 0 Å². The molecule has 0 radical (unpaired) electrons. The van der Waals surface area contributed by atoms with Gasteiger partial charge in [-0.15, -0.1) is 0 Å². The Morgan fingerprint density at radius 1 is 1.50 bits per heavy atom. The van der Waals surface area contributed by atoms with Crippen LogP contribution in [0.15, 0.2) is 0 Å². The third-order valence-electron chi connectivity index (χ3n) is 1.86. The number of carbonyl (C=O) groups excluding carboxylic acids is 1.